The van der Waals surface area contributed by atoms with Gasteiger partial charge in [-0.1, -0.05) is 5.16 Å². The van der Waals surface area contributed by atoms with Crippen molar-refractivity contribution in [2.24, 2.45) is 0 Å². The minimum atomic E-state index is -0.195. The average Bonchev–Trinajstić information content (AvgIpc) is 2.72. The molecule has 0 aliphatic carbocycles. The van der Waals surface area contributed by atoms with Gasteiger partial charge < -0.3 is 9.84 Å². The van der Waals surface area contributed by atoms with Gasteiger partial charge in [-0.05, 0) is 28.9 Å². The molecule has 0 aliphatic heterocycles. The van der Waals surface area contributed by atoms with Crippen LogP contribution in [0, 0.1) is 6.92 Å². The van der Waals surface area contributed by atoms with Gasteiger partial charge in [0, 0.05) is 22.9 Å². The maximum atomic E-state index is 11.7. The van der Waals surface area contributed by atoms with Gasteiger partial charge in [-0.25, -0.2) is 0 Å². The summed E-state index contributed by atoms with van der Waals surface area (Å²) in [5.74, 6) is 0.526. The van der Waals surface area contributed by atoms with E-state index in [4.69, 9.17) is 4.52 Å². The van der Waals surface area contributed by atoms with Crippen LogP contribution in [0.1, 0.15) is 21.8 Å². The normalized spacial score (nSPS) is 10.2. The summed E-state index contributed by atoms with van der Waals surface area (Å²) in [6.07, 6.45) is 3.13. The van der Waals surface area contributed by atoms with Crippen molar-refractivity contribution in [2.75, 3.05) is 0 Å². The maximum Gasteiger partial charge on any atom is 0.253 e. The Labute approximate surface area is 106 Å². The molecule has 0 aromatic carbocycles. The molecule has 0 saturated heterocycles. The Hall–Kier alpha value is -1.69. The van der Waals surface area contributed by atoms with E-state index in [1.807, 2.05) is 0 Å². The van der Waals surface area contributed by atoms with Gasteiger partial charge in [0.15, 0.2) is 0 Å². The molecule has 88 valence electrons. The first kappa shape index (κ1) is 11.8. The standard InChI is InChI=1S/C11H10BrN3O2/c1-7-2-10(15-17-7)6-14-11(16)8-3-9(12)5-13-4-8/h2-5H,6H2,1H3,(H,14,16). The number of nitrogens with one attached hydrogen (secondary N) is 1. The Bertz CT molecular complexity index is 539. The third-order valence-corrected chi connectivity index (χ3v) is 2.51. The van der Waals surface area contributed by atoms with E-state index in [2.05, 4.69) is 31.4 Å². The van der Waals surface area contributed by atoms with Crippen molar-refractivity contribution >= 4 is 21.8 Å². The van der Waals surface area contributed by atoms with Gasteiger partial charge in [0.2, 0.25) is 0 Å². The minimum Gasteiger partial charge on any atom is -0.361 e. The van der Waals surface area contributed by atoms with Crippen molar-refractivity contribution in [3.63, 3.8) is 0 Å². The van der Waals surface area contributed by atoms with E-state index in [9.17, 15) is 4.79 Å². The highest BCUT2D eigenvalue weighted by Gasteiger charge is 2.07. The van der Waals surface area contributed by atoms with E-state index in [1.165, 1.54) is 6.20 Å². The molecule has 0 aliphatic rings. The molecule has 0 atom stereocenters. The number of nitrogens with zero attached hydrogens (tertiary/aromatic N) is 2. The molecular weight excluding hydrogens is 286 g/mol. The lowest BCUT2D eigenvalue weighted by molar-refractivity contribution is 0.0949. The average molecular weight is 296 g/mol. The number of carbonyl (C=O) groups is 1. The van der Waals surface area contributed by atoms with Gasteiger partial charge in [-0.3, -0.25) is 9.78 Å². The fraction of sp³-hybridized carbons (Fsp3) is 0.182. The third-order valence-electron chi connectivity index (χ3n) is 2.07. The van der Waals surface area contributed by atoms with Gasteiger partial charge >= 0.3 is 0 Å². The molecule has 2 heterocycles. The van der Waals surface area contributed by atoms with Crippen LogP contribution in [0.15, 0.2) is 33.5 Å². The van der Waals surface area contributed by atoms with Crippen LogP contribution < -0.4 is 5.32 Å². The first-order valence-corrected chi connectivity index (χ1v) is 5.75. The quantitative estimate of drug-likeness (QED) is 0.941. The second kappa shape index (κ2) is 5.09. The van der Waals surface area contributed by atoms with Crippen molar-refractivity contribution in [1.82, 2.24) is 15.5 Å². The molecule has 5 nitrogen and oxygen atoms in total. The monoisotopic (exact) mass is 295 g/mol. The smallest absolute Gasteiger partial charge is 0.253 e. The SMILES string of the molecule is Cc1cc(CNC(=O)c2cncc(Br)c2)no1. The lowest BCUT2D eigenvalue weighted by Gasteiger charge is -2.02. The highest BCUT2D eigenvalue weighted by molar-refractivity contribution is 9.10. The molecule has 17 heavy (non-hydrogen) atoms. The van der Waals surface area contributed by atoms with Gasteiger partial charge in [-0.15, -0.1) is 0 Å². The van der Waals surface area contributed by atoms with Crippen LogP contribution in [0.3, 0.4) is 0 Å². The topological polar surface area (TPSA) is 68.0 Å². The van der Waals surface area contributed by atoms with E-state index in [1.54, 1.807) is 25.3 Å². The van der Waals surface area contributed by atoms with Crippen LogP contribution >= 0.6 is 15.9 Å². The Morgan fingerprint density at radius 1 is 1.47 bits per heavy atom. The summed E-state index contributed by atoms with van der Waals surface area (Å²) in [4.78, 5) is 15.7. The predicted molar refractivity (Wildman–Crippen MR) is 64.3 cm³/mol. The molecule has 0 fully saturated rings. The molecule has 0 spiro atoms. The van der Waals surface area contributed by atoms with Gasteiger partial charge in [0.1, 0.15) is 11.5 Å². The zero-order chi connectivity index (χ0) is 12.3. The molecule has 1 amide bonds. The van der Waals surface area contributed by atoms with E-state index in [0.717, 1.165) is 10.2 Å². The molecule has 0 radical (unpaired) electrons. The molecule has 0 bridgehead atoms. The van der Waals surface area contributed by atoms with Crippen LogP contribution in [-0.4, -0.2) is 16.0 Å². The van der Waals surface area contributed by atoms with Crippen LogP contribution in [-0.2, 0) is 6.54 Å². The van der Waals surface area contributed by atoms with E-state index >= 15 is 0 Å². The lowest BCUT2D eigenvalue weighted by Crippen LogP contribution is -2.23. The lowest BCUT2D eigenvalue weighted by atomic mass is 10.2. The maximum absolute atomic E-state index is 11.7. The van der Waals surface area contributed by atoms with E-state index in [0.29, 0.717) is 17.8 Å². The molecule has 2 aromatic heterocycles. The predicted octanol–water partition coefficient (Wildman–Crippen LogP) is 2.07. The third kappa shape index (κ3) is 3.13. The number of aromatic nitrogens is 2. The number of carbonyl (C=O) groups excluding carboxylic acids is 1. The second-order valence-corrected chi connectivity index (χ2v) is 4.42. The first-order chi connectivity index (χ1) is 8.15. The van der Waals surface area contributed by atoms with Crippen LogP contribution in [0.2, 0.25) is 0 Å². The van der Waals surface area contributed by atoms with Gasteiger partial charge in [-0.2, -0.15) is 0 Å². The van der Waals surface area contributed by atoms with E-state index in [-0.39, 0.29) is 5.91 Å². The molecule has 1 N–H and O–H groups in total. The Morgan fingerprint density at radius 2 is 2.29 bits per heavy atom. The van der Waals surface area contributed by atoms with Crippen LogP contribution in [0.4, 0.5) is 0 Å². The summed E-state index contributed by atoms with van der Waals surface area (Å²) in [6, 6.07) is 3.48. The summed E-state index contributed by atoms with van der Waals surface area (Å²) in [5, 5.41) is 6.52. The zero-order valence-corrected chi connectivity index (χ0v) is 10.7. The molecule has 2 aromatic rings. The van der Waals surface area contributed by atoms with Crippen molar-refractivity contribution in [2.45, 2.75) is 13.5 Å². The van der Waals surface area contributed by atoms with Crippen molar-refractivity contribution in [1.29, 1.82) is 0 Å². The summed E-state index contributed by atoms with van der Waals surface area (Å²) in [7, 11) is 0. The molecule has 0 saturated carbocycles. The molecule has 6 heteroatoms. The minimum absolute atomic E-state index is 0.195. The summed E-state index contributed by atoms with van der Waals surface area (Å²) in [5.41, 5.74) is 1.19. The molecule has 2 rings (SSSR count). The van der Waals surface area contributed by atoms with E-state index < -0.39 is 0 Å². The van der Waals surface area contributed by atoms with Gasteiger partial charge in [0.05, 0.1) is 12.1 Å². The Kier molecular flexibility index (Phi) is 3.53. The second-order valence-electron chi connectivity index (χ2n) is 3.50. The number of halogens is 1. The van der Waals surface area contributed by atoms with Gasteiger partial charge in [0.25, 0.3) is 5.91 Å². The number of pyridine rings is 1. The zero-order valence-electron chi connectivity index (χ0n) is 9.11. The van der Waals surface area contributed by atoms with Crippen LogP contribution in [0.5, 0.6) is 0 Å². The number of rotatable bonds is 3. The number of amides is 1. The Balaban J connectivity index is 1.98. The molecule has 0 unspecified atom stereocenters. The Morgan fingerprint density at radius 3 is 2.94 bits per heavy atom. The number of aryl methyl sites for hydroxylation is 1. The largest absolute Gasteiger partial charge is 0.361 e. The fourth-order valence-corrected chi connectivity index (χ4v) is 1.68. The first-order valence-electron chi connectivity index (χ1n) is 4.96. The number of hydrogen-bond acceptors (Lipinski definition) is 4. The highest BCUT2D eigenvalue weighted by Crippen LogP contribution is 2.09. The molecular formula is C11H10BrN3O2. The van der Waals surface area contributed by atoms with Crippen LogP contribution in [0.25, 0.3) is 0 Å². The van der Waals surface area contributed by atoms with Crippen molar-refractivity contribution < 1.29 is 9.32 Å². The fourth-order valence-electron chi connectivity index (χ4n) is 1.31. The van der Waals surface area contributed by atoms with Crippen molar-refractivity contribution in [3.8, 4) is 0 Å². The summed E-state index contributed by atoms with van der Waals surface area (Å²) >= 11 is 3.26. The van der Waals surface area contributed by atoms with Crippen molar-refractivity contribution in [3.05, 3.63) is 46.0 Å². The highest BCUT2D eigenvalue weighted by atomic mass is 79.9. The number of hydrogen-bond donors (Lipinski definition) is 1. The summed E-state index contributed by atoms with van der Waals surface area (Å²) < 4.78 is 5.67. The summed E-state index contributed by atoms with van der Waals surface area (Å²) in [6.45, 7) is 2.14.